The van der Waals surface area contributed by atoms with Gasteiger partial charge in [-0.25, -0.2) is 4.79 Å². The molecule has 72 valence electrons. The molecule has 2 nitrogen and oxygen atoms in total. The molecule has 0 aliphatic rings. The first-order valence-corrected chi connectivity index (χ1v) is 4.36. The second kappa shape index (κ2) is 7.35. The standard InChI is InChI=1S/C11H16O2/c1-3-10(2)8-6-4-5-7-9-11(12)13/h3,7,9H,1-2,4-6,8H2,(H,12,13)/b9-7+. The fourth-order valence-electron chi connectivity index (χ4n) is 0.900. The Labute approximate surface area is 79.3 Å². The van der Waals surface area contributed by atoms with Crippen molar-refractivity contribution in [3.8, 4) is 0 Å². The molecule has 2 heteroatoms. The van der Waals surface area contributed by atoms with Gasteiger partial charge in [0, 0.05) is 6.08 Å². The van der Waals surface area contributed by atoms with Crippen LogP contribution >= 0.6 is 0 Å². The number of rotatable bonds is 7. The normalized spacial score (nSPS) is 10.2. The van der Waals surface area contributed by atoms with Crippen molar-refractivity contribution in [1.29, 1.82) is 0 Å². The first-order valence-electron chi connectivity index (χ1n) is 4.36. The van der Waals surface area contributed by atoms with Gasteiger partial charge in [-0.3, -0.25) is 0 Å². The zero-order valence-corrected chi connectivity index (χ0v) is 7.83. The fraction of sp³-hybridized carbons (Fsp3) is 0.364. The highest BCUT2D eigenvalue weighted by atomic mass is 16.4. The van der Waals surface area contributed by atoms with Crippen molar-refractivity contribution in [3.05, 3.63) is 37.0 Å². The van der Waals surface area contributed by atoms with E-state index in [1.165, 1.54) is 6.08 Å². The number of carboxylic acid groups (broad SMARTS) is 1. The van der Waals surface area contributed by atoms with Crippen molar-refractivity contribution in [2.75, 3.05) is 0 Å². The van der Waals surface area contributed by atoms with Gasteiger partial charge in [0.2, 0.25) is 0 Å². The summed E-state index contributed by atoms with van der Waals surface area (Å²) in [5, 5.41) is 8.28. The highest BCUT2D eigenvalue weighted by molar-refractivity contribution is 5.79. The van der Waals surface area contributed by atoms with Crippen LogP contribution in [0.3, 0.4) is 0 Å². The molecule has 0 aliphatic heterocycles. The van der Waals surface area contributed by atoms with E-state index in [9.17, 15) is 4.79 Å². The summed E-state index contributed by atoms with van der Waals surface area (Å²) in [5.74, 6) is -0.879. The summed E-state index contributed by atoms with van der Waals surface area (Å²) < 4.78 is 0. The van der Waals surface area contributed by atoms with Gasteiger partial charge in [0.05, 0.1) is 0 Å². The number of hydrogen-bond acceptors (Lipinski definition) is 1. The molecule has 0 rings (SSSR count). The lowest BCUT2D eigenvalue weighted by Crippen LogP contribution is -1.85. The van der Waals surface area contributed by atoms with Crippen LogP contribution in [0.1, 0.15) is 25.7 Å². The number of carbonyl (C=O) groups is 1. The zero-order chi connectivity index (χ0) is 10.1. The molecule has 0 fully saturated rings. The summed E-state index contributed by atoms with van der Waals surface area (Å²) >= 11 is 0. The Morgan fingerprint density at radius 2 is 2.08 bits per heavy atom. The van der Waals surface area contributed by atoms with Crippen LogP contribution in [0.5, 0.6) is 0 Å². The van der Waals surface area contributed by atoms with Gasteiger partial charge in [-0.1, -0.05) is 30.9 Å². The van der Waals surface area contributed by atoms with Crippen LogP contribution in [0.25, 0.3) is 0 Å². The van der Waals surface area contributed by atoms with E-state index in [0.29, 0.717) is 0 Å². The Morgan fingerprint density at radius 3 is 2.62 bits per heavy atom. The predicted molar refractivity (Wildman–Crippen MR) is 54.6 cm³/mol. The van der Waals surface area contributed by atoms with Crippen LogP contribution in [-0.2, 0) is 4.79 Å². The summed E-state index contributed by atoms with van der Waals surface area (Å²) in [6.07, 6.45) is 8.42. The Kier molecular flexibility index (Phi) is 6.60. The SMILES string of the molecule is C=CC(=C)CCCC/C=C/C(=O)O. The summed E-state index contributed by atoms with van der Waals surface area (Å²) in [6.45, 7) is 7.40. The van der Waals surface area contributed by atoms with Gasteiger partial charge < -0.3 is 5.11 Å². The first-order chi connectivity index (χ1) is 6.16. The van der Waals surface area contributed by atoms with E-state index in [2.05, 4.69) is 13.2 Å². The highest BCUT2D eigenvalue weighted by Gasteiger charge is 1.89. The maximum absolute atomic E-state index is 10.1. The van der Waals surface area contributed by atoms with E-state index in [4.69, 9.17) is 5.11 Å². The quantitative estimate of drug-likeness (QED) is 0.371. The van der Waals surface area contributed by atoms with Gasteiger partial charge in [0.15, 0.2) is 0 Å². The summed E-state index contributed by atoms with van der Waals surface area (Å²) in [4.78, 5) is 10.1. The minimum atomic E-state index is -0.879. The van der Waals surface area contributed by atoms with E-state index in [0.717, 1.165) is 31.3 Å². The Hall–Kier alpha value is -1.31. The second-order valence-electron chi connectivity index (χ2n) is 2.85. The summed E-state index contributed by atoms with van der Waals surface area (Å²) in [6, 6.07) is 0. The lowest BCUT2D eigenvalue weighted by molar-refractivity contribution is -0.131. The number of aliphatic carboxylic acids is 1. The molecular formula is C11H16O2. The van der Waals surface area contributed by atoms with Crippen molar-refractivity contribution < 1.29 is 9.90 Å². The summed E-state index contributed by atoms with van der Waals surface area (Å²) in [7, 11) is 0. The van der Waals surface area contributed by atoms with E-state index in [1.807, 2.05) is 0 Å². The minimum Gasteiger partial charge on any atom is -0.478 e. The first kappa shape index (κ1) is 11.7. The van der Waals surface area contributed by atoms with Gasteiger partial charge in [-0.15, -0.1) is 0 Å². The molecule has 0 amide bonds. The minimum absolute atomic E-state index is 0.816. The van der Waals surface area contributed by atoms with Crippen molar-refractivity contribution in [3.63, 3.8) is 0 Å². The van der Waals surface area contributed by atoms with Gasteiger partial charge >= 0.3 is 5.97 Å². The molecule has 13 heavy (non-hydrogen) atoms. The largest absolute Gasteiger partial charge is 0.478 e. The van der Waals surface area contributed by atoms with E-state index < -0.39 is 5.97 Å². The van der Waals surface area contributed by atoms with E-state index >= 15 is 0 Å². The topological polar surface area (TPSA) is 37.3 Å². The van der Waals surface area contributed by atoms with Crippen molar-refractivity contribution in [2.45, 2.75) is 25.7 Å². The zero-order valence-electron chi connectivity index (χ0n) is 7.83. The van der Waals surface area contributed by atoms with E-state index in [1.54, 1.807) is 12.2 Å². The van der Waals surface area contributed by atoms with Crippen LogP contribution in [0, 0.1) is 0 Å². The van der Waals surface area contributed by atoms with Crippen molar-refractivity contribution in [1.82, 2.24) is 0 Å². The fourth-order valence-corrected chi connectivity index (χ4v) is 0.900. The molecule has 0 aromatic heterocycles. The van der Waals surface area contributed by atoms with E-state index in [-0.39, 0.29) is 0 Å². The number of allylic oxidation sites excluding steroid dienone is 3. The molecule has 0 radical (unpaired) electrons. The second-order valence-corrected chi connectivity index (χ2v) is 2.85. The van der Waals surface area contributed by atoms with Crippen LogP contribution in [0.4, 0.5) is 0 Å². The average molecular weight is 180 g/mol. The van der Waals surface area contributed by atoms with Crippen LogP contribution in [-0.4, -0.2) is 11.1 Å². The molecule has 0 saturated heterocycles. The van der Waals surface area contributed by atoms with Crippen LogP contribution in [0.15, 0.2) is 37.0 Å². The van der Waals surface area contributed by atoms with Gasteiger partial charge in [0.25, 0.3) is 0 Å². The monoisotopic (exact) mass is 180 g/mol. The Morgan fingerprint density at radius 1 is 1.38 bits per heavy atom. The maximum Gasteiger partial charge on any atom is 0.327 e. The third kappa shape index (κ3) is 8.60. The number of carboxylic acids is 1. The Bertz CT molecular complexity index is 214. The molecule has 0 spiro atoms. The molecule has 0 atom stereocenters. The van der Waals surface area contributed by atoms with Crippen LogP contribution < -0.4 is 0 Å². The number of unbranched alkanes of at least 4 members (excludes halogenated alkanes) is 2. The highest BCUT2D eigenvalue weighted by Crippen LogP contribution is 2.07. The summed E-state index contributed by atoms with van der Waals surface area (Å²) in [5.41, 5.74) is 1.04. The predicted octanol–water partition coefficient (Wildman–Crippen LogP) is 2.93. The molecule has 0 aromatic carbocycles. The Balaban J connectivity index is 3.31. The molecule has 0 unspecified atom stereocenters. The molecule has 0 aliphatic carbocycles. The van der Waals surface area contributed by atoms with Gasteiger partial charge in [0.1, 0.15) is 0 Å². The van der Waals surface area contributed by atoms with Gasteiger partial charge in [-0.05, 0) is 25.7 Å². The van der Waals surface area contributed by atoms with Crippen molar-refractivity contribution in [2.24, 2.45) is 0 Å². The molecule has 0 saturated carbocycles. The smallest absolute Gasteiger partial charge is 0.327 e. The van der Waals surface area contributed by atoms with Crippen molar-refractivity contribution >= 4 is 5.97 Å². The number of hydrogen-bond donors (Lipinski definition) is 1. The van der Waals surface area contributed by atoms with Gasteiger partial charge in [-0.2, -0.15) is 0 Å². The molecular weight excluding hydrogens is 164 g/mol. The molecule has 0 aromatic rings. The van der Waals surface area contributed by atoms with Crippen LogP contribution in [0.2, 0.25) is 0 Å². The third-order valence-corrected chi connectivity index (χ3v) is 1.67. The molecule has 0 heterocycles. The third-order valence-electron chi connectivity index (χ3n) is 1.67. The average Bonchev–Trinajstić information content (AvgIpc) is 2.10. The maximum atomic E-state index is 10.1. The lowest BCUT2D eigenvalue weighted by Gasteiger charge is -1.97. The molecule has 1 N–H and O–H groups in total. The lowest BCUT2D eigenvalue weighted by atomic mass is 10.1. The molecule has 0 bridgehead atoms.